The van der Waals surface area contributed by atoms with E-state index in [4.69, 9.17) is 11.6 Å². The number of aliphatic hydroxyl groups excluding tert-OH is 1. The highest BCUT2D eigenvalue weighted by Gasteiger charge is 2.14. The third-order valence-electron chi connectivity index (χ3n) is 2.56. The van der Waals surface area contributed by atoms with Crippen LogP contribution in [0, 0.1) is 5.82 Å². The number of anilines is 2. The Morgan fingerprint density at radius 1 is 1.28 bits per heavy atom. The number of hydrogen-bond acceptors (Lipinski definition) is 4. The Kier molecular flexibility index (Phi) is 3.74. The molecule has 0 saturated carbocycles. The first-order valence-corrected chi connectivity index (χ1v) is 5.61. The molecule has 94 valence electrons. The summed E-state index contributed by atoms with van der Waals surface area (Å²) in [4.78, 5) is 9.60. The smallest absolute Gasteiger partial charge is 0.143 e. The third kappa shape index (κ3) is 2.42. The Morgan fingerprint density at radius 3 is 2.56 bits per heavy atom. The molecule has 0 aliphatic carbocycles. The average molecular weight is 268 g/mol. The minimum absolute atomic E-state index is 0.205. The molecule has 4 nitrogen and oxygen atoms in total. The molecule has 2 rings (SSSR count). The molecule has 2 aromatic rings. The van der Waals surface area contributed by atoms with Gasteiger partial charge in [0.15, 0.2) is 0 Å². The van der Waals surface area contributed by atoms with Crippen molar-refractivity contribution in [2.24, 2.45) is 0 Å². The zero-order valence-corrected chi connectivity index (χ0v) is 10.4. The number of benzene rings is 1. The van der Waals surface area contributed by atoms with Gasteiger partial charge in [-0.3, -0.25) is 0 Å². The quantitative estimate of drug-likeness (QED) is 0.868. The van der Waals surface area contributed by atoms with Crippen molar-refractivity contribution < 1.29 is 9.50 Å². The minimum atomic E-state index is -0.310. The maximum absolute atomic E-state index is 12.9. The molecule has 0 fully saturated rings. The van der Waals surface area contributed by atoms with Crippen molar-refractivity contribution in [3.05, 3.63) is 47.1 Å². The number of nitrogens with zero attached hydrogens (tertiary/aromatic N) is 3. The molecule has 1 aromatic carbocycles. The summed E-state index contributed by atoms with van der Waals surface area (Å²) in [5, 5.41) is 9.49. The molecule has 0 atom stereocenters. The maximum Gasteiger partial charge on any atom is 0.143 e. The van der Waals surface area contributed by atoms with E-state index in [1.807, 2.05) is 0 Å². The Morgan fingerprint density at radius 2 is 1.94 bits per heavy atom. The topological polar surface area (TPSA) is 49.2 Å². The van der Waals surface area contributed by atoms with Gasteiger partial charge in [0.05, 0.1) is 12.2 Å². The monoisotopic (exact) mass is 267 g/mol. The standard InChI is InChI=1S/C12H11ClFN3O/c1-17(9-4-2-8(14)3-5-9)12-10(6-18)11(13)15-7-16-12/h2-5,7,18H,6H2,1H3. The van der Waals surface area contributed by atoms with Crippen LogP contribution >= 0.6 is 11.6 Å². The lowest BCUT2D eigenvalue weighted by molar-refractivity contribution is 0.281. The highest BCUT2D eigenvalue weighted by molar-refractivity contribution is 6.30. The van der Waals surface area contributed by atoms with Crippen molar-refractivity contribution in [3.8, 4) is 0 Å². The van der Waals surface area contributed by atoms with E-state index in [9.17, 15) is 9.50 Å². The van der Waals surface area contributed by atoms with E-state index in [0.29, 0.717) is 11.4 Å². The van der Waals surface area contributed by atoms with E-state index in [0.717, 1.165) is 5.69 Å². The molecule has 1 heterocycles. The predicted molar refractivity (Wildman–Crippen MR) is 67.4 cm³/mol. The van der Waals surface area contributed by atoms with Gasteiger partial charge >= 0.3 is 0 Å². The zero-order valence-electron chi connectivity index (χ0n) is 9.64. The van der Waals surface area contributed by atoms with Crippen molar-refractivity contribution in [3.63, 3.8) is 0 Å². The van der Waals surface area contributed by atoms with Crippen LogP contribution in [0.3, 0.4) is 0 Å². The van der Waals surface area contributed by atoms with Crippen LogP contribution in [0.4, 0.5) is 15.9 Å². The second-order valence-corrected chi connectivity index (χ2v) is 4.02. The Bertz CT molecular complexity index is 548. The third-order valence-corrected chi connectivity index (χ3v) is 2.89. The zero-order chi connectivity index (χ0) is 13.1. The second kappa shape index (κ2) is 5.29. The summed E-state index contributed by atoms with van der Waals surface area (Å²) in [6.07, 6.45) is 1.32. The summed E-state index contributed by atoms with van der Waals surface area (Å²) in [5.74, 6) is 0.180. The van der Waals surface area contributed by atoms with Crippen LogP contribution in [0.25, 0.3) is 0 Å². The molecule has 0 amide bonds. The number of aliphatic hydroxyl groups is 1. The maximum atomic E-state index is 12.9. The van der Waals surface area contributed by atoms with Crippen LogP contribution in [0.1, 0.15) is 5.56 Å². The summed E-state index contributed by atoms with van der Waals surface area (Å²) in [5.41, 5.74) is 1.17. The summed E-state index contributed by atoms with van der Waals surface area (Å²) in [6, 6.07) is 5.94. The summed E-state index contributed by atoms with van der Waals surface area (Å²) < 4.78 is 12.9. The first kappa shape index (κ1) is 12.7. The van der Waals surface area contributed by atoms with Gasteiger partial charge in [-0.2, -0.15) is 0 Å². The van der Waals surface area contributed by atoms with E-state index in [1.54, 1.807) is 24.1 Å². The van der Waals surface area contributed by atoms with E-state index in [1.165, 1.54) is 18.5 Å². The van der Waals surface area contributed by atoms with E-state index in [-0.39, 0.29) is 17.6 Å². The lowest BCUT2D eigenvalue weighted by Crippen LogP contribution is -2.14. The van der Waals surface area contributed by atoms with Gasteiger partial charge in [0.25, 0.3) is 0 Å². The Hall–Kier alpha value is -1.72. The molecule has 18 heavy (non-hydrogen) atoms. The van der Waals surface area contributed by atoms with Crippen LogP contribution in [0.5, 0.6) is 0 Å². The molecule has 1 aromatic heterocycles. The van der Waals surface area contributed by atoms with Gasteiger partial charge in [0.2, 0.25) is 0 Å². The van der Waals surface area contributed by atoms with Crippen molar-refractivity contribution in [1.82, 2.24) is 9.97 Å². The first-order chi connectivity index (χ1) is 8.63. The van der Waals surface area contributed by atoms with Gasteiger partial charge in [-0.05, 0) is 24.3 Å². The van der Waals surface area contributed by atoms with Gasteiger partial charge in [-0.25, -0.2) is 14.4 Å². The van der Waals surface area contributed by atoms with Crippen LogP contribution in [-0.2, 0) is 6.61 Å². The van der Waals surface area contributed by atoms with E-state index >= 15 is 0 Å². The molecule has 0 aliphatic heterocycles. The fourth-order valence-corrected chi connectivity index (χ4v) is 1.78. The summed E-state index contributed by atoms with van der Waals surface area (Å²) in [7, 11) is 1.76. The second-order valence-electron chi connectivity index (χ2n) is 3.66. The Labute approximate surface area is 109 Å². The van der Waals surface area contributed by atoms with Crippen LogP contribution in [0.15, 0.2) is 30.6 Å². The van der Waals surface area contributed by atoms with Crippen molar-refractivity contribution in [2.45, 2.75) is 6.61 Å². The van der Waals surface area contributed by atoms with Crippen molar-refractivity contribution in [2.75, 3.05) is 11.9 Å². The Balaban J connectivity index is 2.42. The van der Waals surface area contributed by atoms with Crippen LogP contribution < -0.4 is 4.90 Å². The van der Waals surface area contributed by atoms with Gasteiger partial charge in [-0.1, -0.05) is 11.6 Å². The van der Waals surface area contributed by atoms with Gasteiger partial charge < -0.3 is 10.0 Å². The fraction of sp³-hybridized carbons (Fsp3) is 0.167. The molecular formula is C12H11ClFN3O. The van der Waals surface area contributed by atoms with Crippen molar-refractivity contribution >= 4 is 23.1 Å². The predicted octanol–water partition coefficient (Wildman–Crippen LogP) is 2.53. The summed E-state index contributed by atoms with van der Waals surface area (Å²) >= 11 is 5.89. The van der Waals surface area contributed by atoms with Gasteiger partial charge in [0.1, 0.15) is 23.1 Å². The minimum Gasteiger partial charge on any atom is -0.391 e. The molecule has 0 aliphatic rings. The number of hydrogen-bond donors (Lipinski definition) is 1. The molecule has 0 radical (unpaired) electrons. The highest BCUT2D eigenvalue weighted by Crippen LogP contribution is 2.28. The normalized spacial score (nSPS) is 10.4. The largest absolute Gasteiger partial charge is 0.391 e. The van der Waals surface area contributed by atoms with Gasteiger partial charge in [-0.15, -0.1) is 0 Å². The highest BCUT2D eigenvalue weighted by atomic mass is 35.5. The molecule has 0 saturated heterocycles. The van der Waals surface area contributed by atoms with E-state index < -0.39 is 0 Å². The molecule has 0 bridgehead atoms. The average Bonchev–Trinajstić information content (AvgIpc) is 2.38. The van der Waals surface area contributed by atoms with Gasteiger partial charge in [0, 0.05) is 12.7 Å². The lowest BCUT2D eigenvalue weighted by Gasteiger charge is -2.20. The first-order valence-electron chi connectivity index (χ1n) is 5.23. The molecule has 0 spiro atoms. The summed E-state index contributed by atoms with van der Waals surface area (Å²) in [6.45, 7) is -0.263. The van der Waals surface area contributed by atoms with E-state index in [2.05, 4.69) is 9.97 Å². The van der Waals surface area contributed by atoms with Crippen molar-refractivity contribution in [1.29, 1.82) is 0 Å². The molecular weight excluding hydrogens is 257 g/mol. The van der Waals surface area contributed by atoms with Crippen LogP contribution in [-0.4, -0.2) is 22.1 Å². The van der Waals surface area contributed by atoms with Crippen LogP contribution in [0.2, 0.25) is 5.15 Å². The number of halogens is 2. The fourth-order valence-electron chi connectivity index (χ4n) is 1.59. The number of rotatable bonds is 3. The number of aromatic nitrogens is 2. The molecule has 1 N–H and O–H groups in total. The lowest BCUT2D eigenvalue weighted by atomic mass is 10.2. The molecule has 0 unspecified atom stereocenters. The SMILES string of the molecule is CN(c1ccc(F)cc1)c1ncnc(Cl)c1CO. The molecule has 6 heteroatoms.